The quantitative estimate of drug-likeness (QED) is 0.520. The molecule has 0 saturated carbocycles. The highest BCUT2D eigenvalue weighted by Gasteiger charge is 2.13. The van der Waals surface area contributed by atoms with E-state index < -0.39 is 0 Å². The summed E-state index contributed by atoms with van der Waals surface area (Å²) in [7, 11) is 0. The highest BCUT2D eigenvalue weighted by molar-refractivity contribution is 7.71. The molecule has 0 aliphatic rings. The van der Waals surface area contributed by atoms with Crippen molar-refractivity contribution in [3.63, 3.8) is 0 Å². The van der Waals surface area contributed by atoms with Crippen LogP contribution < -0.4 is 0 Å². The molecule has 0 aliphatic carbocycles. The summed E-state index contributed by atoms with van der Waals surface area (Å²) in [5, 5.41) is 8.43. The van der Waals surface area contributed by atoms with E-state index in [-0.39, 0.29) is 0 Å². The van der Waals surface area contributed by atoms with Gasteiger partial charge in [-0.15, -0.1) is 10.2 Å². The van der Waals surface area contributed by atoms with Crippen LogP contribution in [0.1, 0.15) is 0 Å². The van der Waals surface area contributed by atoms with E-state index in [0.29, 0.717) is 16.2 Å². The molecule has 0 aliphatic heterocycles. The van der Waals surface area contributed by atoms with E-state index in [4.69, 9.17) is 12.2 Å². The lowest BCUT2D eigenvalue weighted by atomic mass is 10.2. The second-order valence-corrected chi connectivity index (χ2v) is 4.49. The van der Waals surface area contributed by atoms with Crippen LogP contribution in [-0.2, 0) is 0 Å². The Morgan fingerprint density at radius 3 is 2.79 bits per heavy atom. The van der Waals surface area contributed by atoms with Gasteiger partial charge in [-0.25, -0.2) is 9.38 Å². The van der Waals surface area contributed by atoms with Gasteiger partial charge in [-0.3, -0.25) is 0 Å². The van der Waals surface area contributed by atoms with E-state index in [0.717, 1.165) is 16.7 Å². The second kappa shape index (κ2) is 3.72. The molecule has 0 bridgehead atoms. The van der Waals surface area contributed by atoms with E-state index in [9.17, 15) is 0 Å². The first-order valence-corrected chi connectivity index (χ1v) is 6.11. The summed E-state index contributed by atoms with van der Waals surface area (Å²) in [4.78, 5) is 10.3. The number of fused-ring (bicyclic) bond motifs is 3. The maximum absolute atomic E-state index is 5.37. The minimum Gasteiger partial charge on any atom is -0.331 e. The van der Waals surface area contributed by atoms with Gasteiger partial charge in [-0.2, -0.15) is 0 Å². The fraction of sp³-hybridized carbons (Fsp3) is 0. The summed E-state index contributed by atoms with van der Waals surface area (Å²) in [6, 6.07) is 9.81. The van der Waals surface area contributed by atoms with Crippen LogP contribution in [0.3, 0.4) is 0 Å². The van der Waals surface area contributed by atoms with Crippen LogP contribution in [0.25, 0.3) is 28.2 Å². The maximum atomic E-state index is 5.37. The van der Waals surface area contributed by atoms with Crippen LogP contribution in [0.2, 0.25) is 0 Å². The van der Waals surface area contributed by atoms with Gasteiger partial charge in [0.1, 0.15) is 5.65 Å². The van der Waals surface area contributed by atoms with Crippen LogP contribution in [0.4, 0.5) is 0 Å². The predicted molar refractivity (Wildman–Crippen MR) is 73.3 cm³/mol. The number of nitrogens with zero attached hydrogens (tertiary/aromatic N) is 4. The molecule has 0 atom stereocenters. The first-order chi connectivity index (χ1) is 9.34. The number of hydrogen-bond acceptors (Lipinski definition) is 4. The monoisotopic (exact) mass is 268 g/mol. The lowest BCUT2D eigenvalue weighted by molar-refractivity contribution is 1.07. The average Bonchev–Trinajstić information content (AvgIpc) is 3.05. The Balaban J connectivity index is 2.17. The summed E-state index contributed by atoms with van der Waals surface area (Å²) >= 11 is 5.37. The molecule has 0 spiro atoms. The number of imidazole rings is 1. The zero-order valence-corrected chi connectivity index (χ0v) is 10.5. The third-order valence-electron chi connectivity index (χ3n) is 2.98. The average molecular weight is 268 g/mol. The number of nitrogens with one attached hydrogen (secondary N) is 2. The Labute approximate surface area is 112 Å². The standard InChI is InChI=1S/C12H8N6S/c19-12-15-9-8(13-6-14-9)11-17-16-10(18(11)12)7-4-2-1-3-5-7/h1-6H,(H,13,14)(H,15,19). The molecule has 6 nitrogen and oxygen atoms in total. The highest BCUT2D eigenvalue weighted by atomic mass is 32.1. The third kappa shape index (κ3) is 1.42. The largest absolute Gasteiger partial charge is 0.331 e. The van der Waals surface area contributed by atoms with Gasteiger partial charge in [0.25, 0.3) is 0 Å². The van der Waals surface area contributed by atoms with Crippen molar-refractivity contribution < 1.29 is 0 Å². The zero-order valence-electron chi connectivity index (χ0n) is 9.66. The number of benzene rings is 1. The minimum atomic E-state index is 0.538. The van der Waals surface area contributed by atoms with E-state index >= 15 is 0 Å². The Kier molecular flexibility index (Phi) is 2.04. The maximum Gasteiger partial charge on any atom is 0.193 e. The molecule has 0 radical (unpaired) electrons. The van der Waals surface area contributed by atoms with E-state index in [1.54, 1.807) is 10.7 Å². The lowest BCUT2D eigenvalue weighted by Gasteiger charge is -2.00. The smallest absolute Gasteiger partial charge is 0.193 e. The van der Waals surface area contributed by atoms with E-state index in [2.05, 4.69) is 25.1 Å². The van der Waals surface area contributed by atoms with E-state index in [1.807, 2.05) is 30.3 Å². The minimum absolute atomic E-state index is 0.538. The molecule has 4 rings (SSSR count). The number of rotatable bonds is 1. The molecule has 3 heterocycles. The Bertz CT molecular complexity index is 933. The van der Waals surface area contributed by atoms with Crippen molar-refractivity contribution >= 4 is 29.0 Å². The Morgan fingerprint density at radius 2 is 1.95 bits per heavy atom. The molecule has 0 fully saturated rings. The summed E-state index contributed by atoms with van der Waals surface area (Å²) < 4.78 is 2.34. The molecule has 2 N–H and O–H groups in total. The van der Waals surface area contributed by atoms with E-state index in [1.165, 1.54) is 0 Å². The van der Waals surface area contributed by atoms with Crippen LogP contribution >= 0.6 is 12.2 Å². The van der Waals surface area contributed by atoms with Crippen LogP contribution in [0.5, 0.6) is 0 Å². The Morgan fingerprint density at radius 1 is 1.11 bits per heavy atom. The number of hydrogen-bond donors (Lipinski definition) is 2. The number of aromatic amines is 2. The predicted octanol–water partition coefficient (Wildman–Crippen LogP) is 2.33. The van der Waals surface area contributed by atoms with Crippen molar-refractivity contribution in [1.82, 2.24) is 29.5 Å². The van der Waals surface area contributed by atoms with Gasteiger partial charge < -0.3 is 9.97 Å². The van der Waals surface area contributed by atoms with Gasteiger partial charge in [0, 0.05) is 5.56 Å². The normalized spacial score (nSPS) is 11.4. The first-order valence-electron chi connectivity index (χ1n) is 5.70. The highest BCUT2D eigenvalue weighted by Crippen LogP contribution is 2.21. The molecular weight excluding hydrogens is 260 g/mol. The molecule has 92 valence electrons. The van der Waals surface area contributed by atoms with Crippen LogP contribution in [-0.4, -0.2) is 29.5 Å². The SMILES string of the molecule is S=c1[nH]c2[nH]cnc2c2nnc(-c3ccccc3)n12. The number of aromatic nitrogens is 6. The summed E-state index contributed by atoms with van der Waals surface area (Å²) in [5.74, 6) is 0.710. The van der Waals surface area contributed by atoms with Crippen molar-refractivity contribution in [2.24, 2.45) is 0 Å². The van der Waals surface area contributed by atoms with Crippen molar-refractivity contribution in [2.75, 3.05) is 0 Å². The molecule has 4 aromatic rings. The van der Waals surface area contributed by atoms with Crippen molar-refractivity contribution in [2.45, 2.75) is 0 Å². The summed E-state index contributed by atoms with van der Waals surface area (Å²) in [6.45, 7) is 0. The second-order valence-electron chi connectivity index (χ2n) is 4.10. The molecule has 0 unspecified atom stereocenters. The van der Waals surface area contributed by atoms with Crippen molar-refractivity contribution in [3.05, 3.63) is 41.4 Å². The van der Waals surface area contributed by atoms with Crippen LogP contribution in [0.15, 0.2) is 36.7 Å². The molecule has 1 aromatic carbocycles. The van der Waals surface area contributed by atoms with Gasteiger partial charge in [-0.1, -0.05) is 30.3 Å². The first kappa shape index (κ1) is 10.4. The summed E-state index contributed by atoms with van der Waals surface area (Å²) in [5.41, 5.74) is 3.09. The van der Waals surface area contributed by atoms with Gasteiger partial charge in [-0.05, 0) is 12.2 Å². The molecule has 7 heteroatoms. The van der Waals surface area contributed by atoms with Gasteiger partial charge in [0.2, 0.25) is 0 Å². The number of H-pyrrole nitrogens is 2. The fourth-order valence-corrected chi connectivity index (χ4v) is 2.40. The summed E-state index contributed by atoms with van der Waals surface area (Å²) in [6.07, 6.45) is 1.60. The Hall–Kier alpha value is -2.54. The van der Waals surface area contributed by atoms with Gasteiger partial charge in [0.15, 0.2) is 21.8 Å². The molecular formula is C12H8N6S. The zero-order chi connectivity index (χ0) is 12.8. The third-order valence-corrected chi connectivity index (χ3v) is 3.27. The van der Waals surface area contributed by atoms with Gasteiger partial charge in [0.05, 0.1) is 6.33 Å². The van der Waals surface area contributed by atoms with Gasteiger partial charge >= 0.3 is 0 Å². The van der Waals surface area contributed by atoms with Crippen LogP contribution in [0, 0.1) is 4.77 Å². The lowest BCUT2D eigenvalue weighted by Crippen LogP contribution is -1.95. The topological polar surface area (TPSA) is 74.7 Å². The van der Waals surface area contributed by atoms with Crippen molar-refractivity contribution in [1.29, 1.82) is 0 Å². The molecule has 0 saturated heterocycles. The van der Waals surface area contributed by atoms with Crippen molar-refractivity contribution in [3.8, 4) is 11.4 Å². The molecule has 3 aromatic heterocycles. The fourth-order valence-electron chi connectivity index (χ4n) is 2.13. The molecule has 19 heavy (non-hydrogen) atoms. The molecule has 0 amide bonds.